The van der Waals surface area contributed by atoms with Gasteiger partial charge in [0.05, 0.1) is 65.7 Å². The Morgan fingerprint density at radius 2 is 0.832 bits per heavy atom. The Hall–Kier alpha value is -8.61. The molecule has 0 unspecified atom stereocenters. The molecule has 0 bridgehead atoms. The predicted molar refractivity (Wildman–Crippen MR) is 356 cm³/mol. The van der Waals surface area contributed by atoms with Crippen molar-refractivity contribution in [2.24, 2.45) is 4.99 Å². The molecule has 101 heavy (non-hydrogen) atoms. The first kappa shape index (κ1) is 76.6. The molecule has 30 heteroatoms. The van der Waals surface area contributed by atoms with E-state index in [0.717, 1.165) is 52.5 Å². The van der Waals surface area contributed by atoms with Crippen molar-refractivity contribution in [1.82, 2.24) is 15.0 Å². The average molecular weight is 1490 g/mol. The predicted octanol–water partition coefficient (Wildman–Crippen LogP) is 17.8. The van der Waals surface area contributed by atoms with E-state index in [9.17, 15) is 91.9 Å². The molecule has 0 saturated heterocycles. The molecule has 4 aliphatic rings. The maximum atomic E-state index is 14.8. The van der Waals surface area contributed by atoms with Crippen LogP contribution >= 0.6 is 11.8 Å². The summed E-state index contributed by atoms with van der Waals surface area (Å²) in [5.74, 6) is -3.33. The second kappa shape index (κ2) is 28.7. The van der Waals surface area contributed by atoms with Crippen molar-refractivity contribution in [2.45, 2.75) is 125 Å². The molecule has 3 aliphatic carbocycles. The van der Waals surface area contributed by atoms with Gasteiger partial charge in [-0.3, -0.25) is 20.2 Å². The van der Waals surface area contributed by atoms with Crippen LogP contribution in [0.1, 0.15) is 134 Å². The van der Waals surface area contributed by atoms with Gasteiger partial charge in [-0.15, -0.1) is 11.8 Å². The number of hydrogen-bond donors (Lipinski definition) is 1. The van der Waals surface area contributed by atoms with E-state index in [-0.39, 0.29) is 61.6 Å². The highest BCUT2D eigenvalue weighted by Gasteiger charge is 2.50. The minimum Gasteiger partial charge on any atom is -0.285 e. The fraction of sp³-hybridized carbons (Fsp3) is 0.282. The zero-order valence-corrected chi connectivity index (χ0v) is 58.1. The summed E-state index contributed by atoms with van der Waals surface area (Å²) in [5, 5.41) is 9.91. The minimum absolute atomic E-state index is 0.0415. The molecule has 1 aliphatic heterocycles. The highest BCUT2D eigenvalue weighted by Crippen LogP contribution is 2.47. The van der Waals surface area contributed by atoms with Crippen LogP contribution in [0.5, 0.6) is 0 Å². The molecule has 0 saturated carbocycles. The van der Waals surface area contributed by atoms with Crippen molar-refractivity contribution in [3.8, 4) is 0 Å². The first-order valence-corrected chi connectivity index (χ1v) is 36.7. The van der Waals surface area contributed by atoms with Gasteiger partial charge in [0.1, 0.15) is 17.0 Å². The van der Waals surface area contributed by atoms with E-state index in [4.69, 9.17) is 0 Å². The number of halogens is 14. The number of allylic oxidation sites excluding steroid dienone is 3. The minimum atomic E-state index is -4.77. The smallest absolute Gasteiger partial charge is 0.285 e. The summed E-state index contributed by atoms with van der Waals surface area (Å²) >= 11 is 1.75. The fourth-order valence-electron chi connectivity index (χ4n) is 11.3. The number of aryl methyl sites for hydroxylation is 4. The van der Waals surface area contributed by atoms with Gasteiger partial charge in [-0.2, -0.15) is 61.5 Å². The summed E-state index contributed by atoms with van der Waals surface area (Å²) < 4.78 is 259. The van der Waals surface area contributed by atoms with E-state index >= 15 is 0 Å². The van der Waals surface area contributed by atoms with Gasteiger partial charge < -0.3 is 0 Å². The van der Waals surface area contributed by atoms with E-state index in [0.29, 0.717) is 80.0 Å². The van der Waals surface area contributed by atoms with Crippen LogP contribution in [0.15, 0.2) is 146 Å². The lowest BCUT2D eigenvalue weighted by molar-refractivity contribution is -0.906. The summed E-state index contributed by atoms with van der Waals surface area (Å²) in [6.45, 7) is 13.8. The van der Waals surface area contributed by atoms with Crippen LogP contribution in [0.25, 0.3) is 34.9 Å². The van der Waals surface area contributed by atoms with Crippen molar-refractivity contribution in [1.29, 1.82) is 0 Å². The molecular weight excluding hydrogens is 1430 g/mol. The van der Waals surface area contributed by atoms with E-state index in [1.165, 1.54) is 54.6 Å². The van der Waals surface area contributed by atoms with Crippen LogP contribution in [0.3, 0.4) is 0 Å². The molecule has 8 aromatic rings. The normalized spacial score (nSPS) is 14.7. The SMILES string of the molecule is CCS(=O)(=O)c1cc(C)ccc1C1=Cc2c(cc(C(F)(F)F)c[n+]2O)C1.CCS(=O)(=O)c1cc(C)ccc1C1=Cc2ncc(C(F)(F)F)cc2C1.CCS(=O)(=O)c1cc(C)ccc1C1=Nc2cc(C(F)(F)F)cnc2C1(F)F.CCSc1cc(C)ccc1C1=Cc2ncc(C(F)(F)F)cc2C1. The lowest BCUT2D eigenvalue weighted by atomic mass is 10.0. The molecule has 534 valence electrons. The molecule has 0 amide bonds. The molecule has 0 fully saturated rings. The number of rotatable bonds is 12. The lowest BCUT2D eigenvalue weighted by Crippen LogP contribution is -2.35. The molecule has 1 N–H and O–H groups in total. The Labute approximate surface area is 577 Å². The van der Waals surface area contributed by atoms with Crippen LogP contribution < -0.4 is 4.73 Å². The lowest BCUT2D eigenvalue weighted by Gasteiger charge is -2.16. The van der Waals surface area contributed by atoms with E-state index in [2.05, 4.69) is 39.0 Å². The van der Waals surface area contributed by atoms with Gasteiger partial charge in [0.2, 0.25) is 6.20 Å². The second-order valence-electron chi connectivity index (χ2n) is 23.8. The van der Waals surface area contributed by atoms with Crippen molar-refractivity contribution in [3.05, 3.63) is 228 Å². The monoisotopic (exact) mass is 1490 g/mol. The topological polar surface area (TPSA) is 178 Å². The molecular formula is C71H62F14N5O7S4+. The first-order chi connectivity index (χ1) is 46.9. The molecule has 12 rings (SSSR count). The number of nitrogens with zero attached hydrogens (tertiary/aromatic N) is 5. The van der Waals surface area contributed by atoms with Crippen LogP contribution in [-0.2, 0) is 79.4 Å². The van der Waals surface area contributed by atoms with Gasteiger partial charge in [0.15, 0.2) is 29.5 Å². The van der Waals surface area contributed by atoms with Gasteiger partial charge >= 0.3 is 30.6 Å². The molecule has 5 heterocycles. The van der Waals surface area contributed by atoms with Gasteiger partial charge in [-0.25, -0.2) is 30.2 Å². The molecule has 0 spiro atoms. The number of aromatic nitrogens is 4. The summed E-state index contributed by atoms with van der Waals surface area (Å²) in [6.07, 6.45) is -9.61. The summed E-state index contributed by atoms with van der Waals surface area (Å²) in [6, 6.07) is 23.9. The summed E-state index contributed by atoms with van der Waals surface area (Å²) in [4.78, 5) is 15.9. The Morgan fingerprint density at radius 3 is 1.27 bits per heavy atom. The van der Waals surface area contributed by atoms with Crippen LogP contribution in [0.4, 0.5) is 67.2 Å². The Kier molecular flexibility index (Phi) is 21.7. The number of hydrogen-bond acceptors (Lipinski definition) is 12. The van der Waals surface area contributed by atoms with E-state index in [1.807, 2.05) is 19.1 Å². The summed E-state index contributed by atoms with van der Waals surface area (Å²) in [7, 11) is -10.8. The molecule has 4 aromatic carbocycles. The third-order valence-electron chi connectivity index (χ3n) is 16.5. The van der Waals surface area contributed by atoms with Gasteiger partial charge in [-0.1, -0.05) is 76.2 Å². The van der Waals surface area contributed by atoms with Crippen molar-refractivity contribution < 1.29 is 96.7 Å². The van der Waals surface area contributed by atoms with Crippen molar-refractivity contribution in [2.75, 3.05) is 23.0 Å². The quantitative estimate of drug-likeness (QED) is 0.0533. The standard InChI is InChI=1S/C18H17F3NO3S.C18H16F3NO2S.C18H16F3NS.C17H13F5N2O2S/c1-3-26(24,25)17-6-11(2)4-5-15(17)12-7-13-8-14(18(19,20)21)10-22(23)16(13)9-12;1-3-25(23,24)17-6-11(2)4-5-15(17)12-7-13-8-14(18(19,20)21)10-22-16(13)9-12;1-3-23-17-6-11(2)4-5-15(17)12-7-13-8-14(18(19,20)21)10-22-16(13)9-12;1-3-27(25,26)13-6-9(2)4-5-11(13)14-16(18,19)15-12(24-14)7-10(8-23-15)17(20,21)22/h4-6,8-10,23H,3,7H2,1-2H3;4-6,8-10H,3,7H2,1-2H3;4-6,8-10H,3,7H2,1-2H3;4-8H,3H2,1-2H3/q+1;;;. The number of sulfone groups is 3. The largest absolute Gasteiger partial charge is 0.422 e. The number of benzene rings is 4. The Bertz CT molecular complexity index is 5100. The van der Waals surface area contributed by atoms with Crippen molar-refractivity contribution >= 4 is 87.6 Å². The third-order valence-corrected chi connectivity index (χ3v) is 22.8. The molecule has 0 atom stereocenters. The average Bonchev–Trinajstić information content (AvgIpc) is 1.61. The molecule has 12 nitrogen and oxygen atoms in total. The third kappa shape index (κ3) is 16.8. The van der Waals surface area contributed by atoms with Gasteiger partial charge in [0.25, 0.3) is 5.69 Å². The number of thioether (sulfide) groups is 1. The fourth-order valence-corrected chi connectivity index (χ4v) is 15.8. The second-order valence-corrected chi connectivity index (χ2v) is 31.9. The van der Waals surface area contributed by atoms with E-state index < -0.39 is 99.5 Å². The van der Waals surface area contributed by atoms with Crippen molar-refractivity contribution in [3.63, 3.8) is 0 Å². The number of fused-ring (bicyclic) bond motifs is 4. The van der Waals surface area contributed by atoms with Crippen LogP contribution in [0, 0.1) is 27.7 Å². The highest BCUT2D eigenvalue weighted by molar-refractivity contribution is 7.99. The Morgan fingerprint density at radius 1 is 0.465 bits per heavy atom. The number of aliphatic imine (C=N–C) groups is 1. The number of alkyl halides is 14. The Balaban J connectivity index is 0.000000157. The van der Waals surface area contributed by atoms with Crippen LogP contribution in [-0.4, -0.2) is 74.1 Å². The maximum absolute atomic E-state index is 14.8. The maximum Gasteiger partial charge on any atom is 0.422 e. The van der Waals surface area contributed by atoms with Gasteiger partial charge in [0, 0.05) is 64.7 Å². The number of pyridine rings is 4. The zero-order valence-electron chi connectivity index (χ0n) is 54.8. The van der Waals surface area contributed by atoms with Gasteiger partial charge in [-0.05, 0) is 161 Å². The highest BCUT2D eigenvalue weighted by atomic mass is 32.2. The zero-order chi connectivity index (χ0) is 74.5. The summed E-state index contributed by atoms with van der Waals surface area (Å²) in [5.41, 5.74) is 3.77. The first-order valence-electron chi connectivity index (χ1n) is 30.8. The van der Waals surface area contributed by atoms with Crippen LogP contribution in [0.2, 0.25) is 0 Å². The molecule has 4 aromatic heterocycles. The molecule has 0 radical (unpaired) electrons. The van der Waals surface area contributed by atoms with E-state index in [1.54, 1.807) is 81.9 Å².